The summed E-state index contributed by atoms with van der Waals surface area (Å²) in [5.41, 5.74) is 2.25. The third-order valence-corrected chi connectivity index (χ3v) is 5.84. The number of para-hydroxylation sites is 2. The van der Waals surface area contributed by atoms with Crippen LogP contribution in [0, 0.1) is 0 Å². The average Bonchev–Trinajstić information content (AvgIpc) is 3.49. The quantitative estimate of drug-likeness (QED) is 0.755. The minimum Gasteiger partial charge on any atom is -0.389 e. The number of carbonyl (C=O) groups is 1. The zero-order chi connectivity index (χ0) is 18.4. The lowest BCUT2D eigenvalue weighted by Gasteiger charge is -2.36. The van der Waals surface area contributed by atoms with Crippen molar-refractivity contribution in [1.29, 1.82) is 0 Å². The Balaban J connectivity index is 1.39. The second-order valence-electron chi connectivity index (χ2n) is 7.81. The maximum Gasteiger partial charge on any atom is 0.320 e. The van der Waals surface area contributed by atoms with E-state index < -0.39 is 6.10 Å². The third kappa shape index (κ3) is 2.96. The molecule has 0 spiro atoms. The SMILES string of the molecule is O=C1N(CC(O)Cn2c3ccccc3c3ccccc32)CCCN1C1CC1. The van der Waals surface area contributed by atoms with Gasteiger partial charge in [-0.1, -0.05) is 36.4 Å². The summed E-state index contributed by atoms with van der Waals surface area (Å²) in [4.78, 5) is 16.5. The monoisotopic (exact) mass is 363 g/mol. The molecule has 2 aliphatic rings. The number of benzene rings is 2. The van der Waals surface area contributed by atoms with Crippen LogP contribution in [0.1, 0.15) is 19.3 Å². The Morgan fingerprint density at radius 2 is 1.56 bits per heavy atom. The molecule has 3 aromatic rings. The van der Waals surface area contributed by atoms with E-state index in [0.29, 0.717) is 19.1 Å². The smallest absolute Gasteiger partial charge is 0.320 e. The molecule has 1 unspecified atom stereocenters. The van der Waals surface area contributed by atoms with Crippen molar-refractivity contribution in [2.45, 2.75) is 38.0 Å². The molecule has 1 aliphatic heterocycles. The van der Waals surface area contributed by atoms with E-state index in [4.69, 9.17) is 0 Å². The molecule has 2 heterocycles. The molecule has 1 N–H and O–H groups in total. The first-order chi connectivity index (χ1) is 13.2. The number of urea groups is 1. The van der Waals surface area contributed by atoms with Crippen molar-refractivity contribution in [2.75, 3.05) is 19.6 Å². The number of amides is 2. The summed E-state index contributed by atoms with van der Waals surface area (Å²) in [6.45, 7) is 2.49. The molecule has 27 heavy (non-hydrogen) atoms. The van der Waals surface area contributed by atoms with Gasteiger partial charge in [-0.25, -0.2) is 4.79 Å². The van der Waals surface area contributed by atoms with Gasteiger partial charge in [0.05, 0.1) is 19.2 Å². The molecule has 140 valence electrons. The van der Waals surface area contributed by atoms with Crippen LogP contribution in [-0.4, -0.2) is 57.3 Å². The molecule has 1 saturated carbocycles. The van der Waals surface area contributed by atoms with Gasteiger partial charge < -0.3 is 19.5 Å². The summed E-state index contributed by atoms with van der Waals surface area (Å²) < 4.78 is 2.18. The summed E-state index contributed by atoms with van der Waals surface area (Å²) in [5, 5.41) is 13.2. The van der Waals surface area contributed by atoms with Crippen molar-refractivity contribution >= 4 is 27.8 Å². The van der Waals surface area contributed by atoms with E-state index in [0.717, 1.165) is 43.4 Å². The van der Waals surface area contributed by atoms with Crippen LogP contribution in [0.25, 0.3) is 21.8 Å². The molecule has 0 bridgehead atoms. The molecule has 1 aliphatic carbocycles. The highest BCUT2D eigenvalue weighted by Gasteiger charge is 2.37. The maximum atomic E-state index is 12.7. The maximum absolute atomic E-state index is 12.7. The second-order valence-corrected chi connectivity index (χ2v) is 7.81. The van der Waals surface area contributed by atoms with E-state index in [9.17, 15) is 9.90 Å². The number of fused-ring (bicyclic) bond motifs is 3. The molecule has 0 radical (unpaired) electrons. The number of aromatic nitrogens is 1. The Labute approximate surface area is 158 Å². The number of nitrogens with zero attached hydrogens (tertiary/aromatic N) is 3. The lowest BCUT2D eigenvalue weighted by atomic mass is 10.2. The number of rotatable bonds is 5. The lowest BCUT2D eigenvalue weighted by molar-refractivity contribution is 0.0778. The summed E-state index contributed by atoms with van der Waals surface area (Å²) in [6.07, 6.45) is 2.66. The van der Waals surface area contributed by atoms with Gasteiger partial charge in [-0.3, -0.25) is 0 Å². The molecule has 5 heteroatoms. The topological polar surface area (TPSA) is 48.7 Å². The highest BCUT2D eigenvalue weighted by Crippen LogP contribution is 2.31. The van der Waals surface area contributed by atoms with E-state index in [1.54, 1.807) is 0 Å². The molecule has 5 rings (SSSR count). The molecule has 1 aromatic heterocycles. The van der Waals surface area contributed by atoms with Crippen molar-refractivity contribution < 1.29 is 9.90 Å². The van der Waals surface area contributed by atoms with Gasteiger partial charge in [0.2, 0.25) is 0 Å². The van der Waals surface area contributed by atoms with Gasteiger partial charge in [-0.15, -0.1) is 0 Å². The highest BCUT2D eigenvalue weighted by atomic mass is 16.3. The normalized spacial score (nSPS) is 19.2. The first-order valence-electron chi connectivity index (χ1n) is 9.92. The molecular weight excluding hydrogens is 338 g/mol. The van der Waals surface area contributed by atoms with Crippen LogP contribution in [0.2, 0.25) is 0 Å². The number of hydrogen-bond donors (Lipinski definition) is 1. The van der Waals surface area contributed by atoms with E-state index in [2.05, 4.69) is 41.0 Å². The Kier molecular flexibility index (Phi) is 4.05. The van der Waals surface area contributed by atoms with Crippen molar-refractivity contribution in [1.82, 2.24) is 14.4 Å². The Morgan fingerprint density at radius 1 is 0.926 bits per heavy atom. The Morgan fingerprint density at radius 3 is 2.19 bits per heavy atom. The minimum atomic E-state index is -0.590. The molecular formula is C22H25N3O2. The largest absolute Gasteiger partial charge is 0.389 e. The fourth-order valence-electron chi connectivity index (χ4n) is 4.42. The molecule has 1 saturated heterocycles. The van der Waals surface area contributed by atoms with Gasteiger partial charge in [0.15, 0.2) is 0 Å². The van der Waals surface area contributed by atoms with Crippen molar-refractivity contribution in [3.05, 3.63) is 48.5 Å². The summed E-state index contributed by atoms with van der Waals surface area (Å²) in [7, 11) is 0. The first-order valence-corrected chi connectivity index (χ1v) is 9.92. The number of aliphatic hydroxyl groups excluding tert-OH is 1. The Hall–Kier alpha value is -2.53. The van der Waals surface area contributed by atoms with E-state index in [1.165, 1.54) is 10.8 Å². The summed E-state index contributed by atoms with van der Waals surface area (Å²) >= 11 is 0. The molecule has 1 atom stereocenters. The average molecular weight is 363 g/mol. The van der Waals surface area contributed by atoms with Gasteiger partial charge in [0.1, 0.15) is 0 Å². The minimum absolute atomic E-state index is 0.102. The lowest BCUT2D eigenvalue weighted by Crippen LogP contribution is -2.52. The second kappa shape index (κ2) is 6.57. The fourth-order valence-corrected chi connectivity index (χ4v) is 4.42. The fraction of sp³-hybridized carbons (Fsp3) is 0.409. The highest BCUT2D eigenvalue weighted by molar-refractivity contribution is 6.07. The van der Waals surface area contributed by atoms with Crippen LogP contribution in [0.3, 0.4) is 0 Å². The van der Waals surface area contributed by atoms with Gasteiger partial charge in [0.25, 0.3) is 0 Å². The predicted octanol–water partition coefficient (Wildman–Crippen LogP) is 3.45. The van der Waals surface area contributed by atoms with E-state index in [-0.39, 0.29) is 6.03 Å². The number of β-amino-alcohol motifs (C(OH)–C–C–N with tert-alkyl or cyclic N) is 1. The van der Waals surface area contributed by atoms with Crippen molar-refractivity contribution in [3.8, 4) is 0 Å². The van der Waals surface area contributed by atoms with Crippen LogP contribution in [-0.2, 0) is 6.54 Å². The number of hydrogen-bond acceptors (Lipinski definition) is 2. The molecule has 5 nitrogen and oxygen atoms in total. The predicted molar refractivity (Wildman–Crippen MR) is 107 cm³/mol. The standard InChI is InChI=1S/C22H25N3O2/c26-17(14-23-12-5-13-24(22(23)27)16-10-11-16)15-25-20-8-3-1-6-18(20)19-7-2-4-9-21(19)25/h1-4,6-9,16-17,26H,5,10-15H2. The van der Waals surface area contributed by atoms with Gasteiger partial charge in [0, 0.05) is 40.9 Å². The van der Waals surface area contributed by atoms with E-state index in [1.807, 2.05) is 21.9 Å². The van der Waals surface area contributed by atoms with Gasteiger partial charge in [-0.2, -0.15) is 0 Å². The first kappa shape index (κ1) is 16.6. The number of aliphatic hydroxyl groups is 1. The molecule has 2 amide bonds. The van der Waals surface area contributed by atoms with Crippen LogP contribution in [0.15, 0.2) is 48.5 Å². The summed E-state index contributed by atoms with van der Waals surface area (Å²) in [5.74, 6) is 0. The van der Waals surface area contributed by atoms with Crippen LogP contribution >= 0.6 is 0 Å². The van der Waals surface area contributed by atoms with Crippen LogP contribution in [0.4, 0.5) is 4.79 Å². The van der Waals surface area contributed by atoms with E-state index >= 15 is 0 Å². The number of carbonyl (C=O) groups excluding carboxylic acids is 1. The molecule has 2 aromatic carbocycles. The van der Waals surface area contributed by atoms with Crippen LogP contribution in [0.5, 0.6) is 0 Å². The van der Waals surface area contributed by atoms with Crippen molar-refractivity contribution in [3.63, 3.8) is 0 Å². The van der Waals surface area contributed by atoms with Crippen LogP contribution < -0.4 is 0 Å². The summed E-state index contributed by atoms with van der Waals surface area (Å²) in [6, 6.07) is 17.2. The van der Waals surface area contributed by atoms with Crippen molar-refractivity contribution in [2.24, 2.45) is 0 Å². The third-order valence-electron chi connectivity index (χ3n) is 5.84. The molecule has 2 fully saturated rings. The zero-order valence-electron chi connectivity index (χ0n) is 15.4. The Bertz CT molecular complexity index is 938. The van der Waals surface area contributed by atoms with Gasteiger partial charge in [-0.05, 0) is 31.4 Å². The van der Waals surface area contributed by atoms with Gasteiger partial charge >= 0.3 is 6.03 Å². The zero-order valence-corrected chi connectivity index (χ0v) is 15.4.